The van der Waals surface area contributed by atoms with Gasteiger partial charge in [0.25, 0.3) is 5.91 Å². The Labute approximate surface area is 110 Å². The Bertz CT molecular complexity index is 433. The summed E-state index contributed by atoms with van der Waals surface area (Å²) in [4.78, 5) is 32.3. The van der Waals surface area contributed by atoms with Gasteiger partial charge in [0.05, 0.1) is 18.9 Å². The second-order valence-electron chi connectivity index (χ2n) is 4.11. The van der Waals surface area contributed by atoms with E-state index in [-0.39, 0.29) is 35.2 Å². The van der Waals surface area contributed by atoms with E-state index in [4.69, 9.17) is 11.6 Å². The van der Waals surface area contributed by atoms with E-state index in [2.05, 4.69) is 15.3 Å². The first-order valence-electron chi connectivity index (χ1n) is 5.42. The van der Waals surface area contributed by atoms with E-state index in [1.165, 1.54) is 24.3 Å². The molecule has 98 valence electrons. The number of amides is 2. The number of rotatable bonds is 4. The predicted octanol–water partition coefficient (Wildman–Crippen LogP) is 0.727. The highest BCUT2D eigenvalue weighted by Crippen LogP contribution is 2.03. The summed E-state index contributed by atoms with van der Waals surface area (Å²) in [6.45, 7) is 3.68. The average Bonchev–Trinajstić information content (AvgIpc) is 2.27. The molecule has 1 N–H and O–H groups in total. The molecule has 2 amide bonds. The maximum absolute atomic E-state index is 11.9. The molecule has 0 aromatic carbocycles. The minimum absolute atomic E-state index is 0.0265. The Hall–Kier alpha value is -1.69. The van der Waals surface area contributed by atoms with E-state index in [0.717, 1.165) is 0 Å². The number of aromatic nitrogens is 2. The number of hydrogen-bond donors (Lipinski definition) is 1. The molecule has 0 fully saturated rings. The highest BCUT2D eigenvalue weighted by molar-refractivity contribution is 6.29. The summed E-state index contributed by atoms with van der Waals surface area (Å²) in [6, 6.07) is 0.0383. The Balaban J connectivity index is 2.61. The Morgan fingerprint density at radius 2 is 2.06 bits per heavy atom. The van der Waals surface area contributed by atoms with E-state index < -0.39 is 0 Å². The van der Waals surface area contributed by atoms with Crippen molar-refractivity contribution >= 4 is 23.4 Å². The summed E-state index contributed by atoms with van der Waals surface area (Å²) >= 11 is 5.57. The van der Waals surface area contributed by atoms with Crippen LogP contribution in [0.2, 0.25) is 5.15 Å². The maximum atomic E-state index is 11.9. The lowest BCUT2D eigenvalue weighted by atomic mass is 10.3. The van der Waals surface area contributed by atoms with Crippen LogP contribution in [0, 0.1) is 0 Å². The number of likely N-dealkylation sites (N-methyl/N-ethyl adjacent to an activating group) is 1. The van der Waals surface area contributed by atoms with Crippen LogP contribution in [0.5, 0.6) is 0 Å². The summed E-state index contributed by atoms with van der Waals surface area (Å²) in [7, 11) is 1.53. The van der Waals surface area contributed by atoms with Gasteiger partial charge in [-0.3, -0.25) is 9.59 Å². The SMILES string of the molecule is CC(C)NC(=O)CN(C)C(=O)c1cnc(Cl)cn1. The van der Waals surface area contributed by atoms with Crippen LogP contribution in [0.1, 0.15) is 24.3 Å². The summed E-state index contributed by atoms with van der Waals surface area (Å²) in [6.07, 6.45) is 2.57. The number of hydrogen-bond acceptors (Lipinski definition) is 4. The molecule has 1 rings (SSSR count). The van der Waals surface area contributed by atoms with Crippen LogP contribution in [-0.4, -0.2) is 46.3 Å². The van der Waals surface area contributed by atoms with Gasteiger partial charge in [-0.1, -0.05) is 11.6 Å². The Kier molecular flexibility index (Phi) is 5.03. The average molecular weight is 271 g/mol. The minimum Gasteiger partial charge on any atom is -0.352 e. The first kappa shape index (κ1) is 14.4. The largest absolute Gasteiger partial charge is 0.352 e. The number of carbonyl (C=O) groups is 2. The van der Waals surface area contributed by atoms with E-state index in [1.807, 2.05) is 13.8 Å². The van der Waals surface area contributed by atoms with Gasteiger partial charge in [-0.2, -0.15) is 0 Å². The zero-order valence-corrected chi connectivity index (χ0v) is 11.2. The van der Waals surface area contributed by atoms with Crippen molar-refractivity contribution in [3.63, 3.8) is 0 Å². The van der Waals surface area contributed by atoms with Crippen molar-refractivity contribution < 1.29 is 9.59 Å². The Morgan fingerprint density at radius 3 is 2.56 bits per heavy atom. The first-order chi connectivity index (χ1) is 8.40. The molecule has 1 heterocycles. The molecule has 6 nitrogen and oxygen atoms in total. The van der Waals surface area contributed by atoms with Gasteiger partial charge in [0, 0.05) is 13.1 Å². The molecular formula is C11H15ClN4O2. The molecule has 0 aliphatic carbocycles. The van der Waals surface area contributed by atoms with Crippen molar-refractivity contribution in [2.24, 2.45) is 0 Å². The van der Waals surface area contributed by atoms with Crippen LogP contribution >= 0.6 is 11.6 Å². The molecule has 0 spiro atoms. The van der Waals surface area contributed by atoms with E-state index in [0.29, 0.717) is 0 Å². The van der Waals surface area contributed by atoms with Gasteiger partial charge in [0.1, 0.15) is 10.8 Å². The molecular weight excluding hydrogens is 256 g/mol. The predicted molar refractivity (Wildman–Crippen MR) is 67.3 cm³/mol. The van der Waals surface area contributed by atoms with Crippen molar-refractivity contribution in [2.75, 3.05) is 13.6 Å². The molecule has 0 saturated carbocycles. The molecule has 0 bridgehead atoms. The van der Waals surface area contributed by atoms with Crippen molar-refractivity contribution in [3.8, 4) is 0 Å². The van der Waals surface area contributed by atoms with Crippen molar-refractivity contribution in [1.29, 1.82) is 0 Å². The van der Waals surface area contributed by atoms with Crippen LogP contribution in [0.25, 0.3) is 0 Å². The van der Waals surface area contributed by atoms with Crippen molar-refractivity contribution in [3.05, 3.63) is 23.2 Å². The third-order valence-electron chi connectivity index (χ3n) is 2.02. The quantitative estimate of drug-likeness (QED) is 0.875. The zero-order chi connectivity index (χ0) is 13.7. The third kappa shape index (κ3) is 4.29. The second kappa shape index (κ2) is 6.30. The topological polar surface area (TPSA) is 75.2 Å². The zero-order valence-electron chi connectivity index (χ0n) is 10.5. The molecule has 0 radical (unpaired) electrons. The summed E-state index contributed by atoms with van der Waals surface area (Å²) < 4.78 is 0. The Morgan fingerprint density at radius 1 is 1.39 bits per heavy atom. The van der Waals surface area contributed by atoms with Crippen LogP contribution < -0.4 is 5.32 Å². The fourth-order valence-electron chi connectivity index (χ4n) is 1.27. The second-order valence-corrected chi connectivity index (χ2v) is 4.50. The number of nitrogens with one attached hydrogen (secondary N) is 1. The summed E-state index contributed by atoms with van der Waals surface area (Å²) in [5.41, 5.74) is 0.152. The molecule has 0 aliphatic rings. The lowest BCUT2D eigenvalue weighted by Gasteiger charge is -2.17. The van der Waals surface area contributed by atoms with Gasteiger partial charge in [-0.05, 0) is 13.8 Å². The standard InChI is InChI=1S/C11H15ClN4O2/c1-7(2)15-10(17)6-16(3)11(18)8-4-14-9(12)5-13-8/h4-5,7H,6H2,1-3H3,(H,15,17). The molecule has 0 aliphatic heterocycles. The normalized spacial score (nSPS) is 10.3. The van der Waals surface area contributed by atoms with Gasteiger partial charge in [-0.25, -0.2) is 9.97 Å². The third-order valence-corrected chi connectivity index (χ3v) is 2.21. The monoisotopic (exact) mass is 270 g/mol. The summed E-state index contributed by atoms with van der Waals surface area (Å²) in [5.74, 6) is -0.596. The molecule has 0 atom stereocenters. The molecule has 0 saturated heterocycles. The van der Waals surface area contributed by atoms with Crippen LogP contribution in [0.4, 0.5) is 0 Å². The van der Waals surface area contributed by atoms with Gasteiger partial charge in [-0.15, -0.1) is 0 Å². The molecule has 1 aromatic rings. The van der Waals surface area contributed by atoms with Crippen molar-refractivity contribution in [2.45, 2.75) is 19.9 Å². The number of nitrogens with zero attached hydrogens (tertiary/aromatic N) is 3. The molecule has 18 heavy (non-hydrogen) atoms. The van der Waals surface area contributed by atoms with E-state index >= 15 is 0 Å². The lowest BCUT2D eigenvalue weighted by Crippen LogP contribution is -2.41. The van der Waals surface area contributed by atoms with Crippen LogP contribution in [0.15, 0.2) is 12.4 Å². The molecule has 1 aromatic heterocycles. The van der Waals surface area contributed by atoms with Gasteiger partial charge < -0.3 is 10.2 Å². The first-order valence-corrected chi connectivity index (χ1v) is 5.80. The maximum Gasteiger partial charge on any atom is 0.274 e. The summed E-state index contributed by atoms with van der Waals surface area (Å²) in [5, 5.41) is 2.91. The van der Waals surface area contributed by atoms with E-state index in [9.17, 15) is 9.59 Å². The van der Waals surface area contributed by atoms with Gasteiger partial charge >= 0.3 is 0 Å². The highest BCUT2D eigenvalue weighted by Gasteiger charge is 2.16. The fraction of sp³-hybridized carbons (Fsp3) is 0.455. The van der Waals surface area contributed by atoms with Crippen molar-refractivity contribution in [1.82, 2.24) is 20.2 Å². The minimum atomic E-state index is -0.377. The smallest absolute Gasteiger partial charge is 0.274 e. The van der Waals surface area contributed by atoms with E-state index in [1.54, 1.807) is 0 Å². The van der Waals surface area contributed by atoms with Crippen LogP contribution in [0.3, 0.4) is 0 Å². The molecule has 0 unspecified atom stereocenters. The number of carbonyl (C=O) groups excluding carboxylic acids is 2. The number of halogens is 1. The fourth-order valence-corrected chi connectivity index (χ4v) is 1.37. The van der Waals surface area contributed by atoms with Gasteiger partial charge in [0.15, 0.2) is 0 Å². The lowest BCUT2D eigenvalue weighted by molar-refractivity contribution is -0.122. The molecule has 7 heteroatoms. The highest BCUT2D eigenvalue weighted by atomic mass is 35.5. The van der Waals surface area contributed by atoms with Gasteiger partial charge in [0.2, 0.25) is 5.91 Å². The van der Waals surface area contributed by atoms with Crippen LogP contribution in [-0.2, 0) is 4.79 Å².